The lowest BCUT2D eigenvalue weighted by molar-refractivity contribution is -0.113. The number of nitrogens with one attached hydrogen (secondary N) is 1. The normalized spacial score (nSPS) is 10.6. The smallest absolute Gasteiger partial charge is 0.234 e. The second-order valence-electron chi connectivity index (χ2n) is 4.67. The molecule has 0 aliphatic carbocycles. The van der Waals surface area contributed by atoms with Crippen LogP contribution in [0.2, 0.25) is 5.02 Å². The van der Waals surface area contributed by atoms with Gasteiger partial charge in [0.25, 0.3) is 0 Å². The van der Waals surface area contributed by atoms with Crippen molar-refractivity contribution in [1.82, 2.24) is 4.98 Å². The van der Waals surface area contributed by atoms with Crippen molar-refractivity contribution in [2.45, 2.75) is 4.90 Å². The monoisotopic (exact) mass is 328 g/mol. The van der Waals surface area contributed by atoms with Crippen molar-refractivity contribution in [2.75, 3.05) is 11.1 Å². The van der Waals surface area contributed by atoms with Gasteiger partial charge in [-0.05, 0) is 36.4 Å². The lowest BCUT2D eigenvalue weighted by Gasteiger charge is -2.08. The highest BCUT2D eigenvalue weighted by Gasteiger charge is 2.07. The van der Waals surface area contributed by atoms with Crippen molar-refractivity contribution >= 4 is 45.9 Å². The van der Waals surface area contributed by atoms with Gasteiger partial charge in [-0.15, -0.1) is 11.8 Å². The molecule has 2 aromatic carbocycles. The maximum absolute atomic E-state index is 12.1. The van der Waals surface area contributed by atoms with E-state index in [0.717, 1.165) is 21.5 Å². The van der Waals surface area contributed by atoms with Crippen LogP contribution in [0, 0.1) is 0 Å². The Morgan fingerprint density at radius 2 is 1.86 bits per heavy atom. The number of carbonyl (C=O) groups is 1. The summed E-state index contributed by atoms with van der Waals surface area (Å²) < 4.78 is 0. The number of pyridine rings is 1. The fourth-order valence-corrected chi connectivity index (χ4v) is 2.90. The summed E-state index contributed by atoms with van der Waals surface area (Å²) in [4.78, 5) is 17.4. The molecule has 110 valence electrons. The van der Waals surface area contributed by atoms with Crippen molar-refractivity contribution in [3.63, 3.8) is 0 Å². The first-order valence-corrected chi connectivity index (χ1v) is 8.11. The van der Waals surface area contributed by atoms with E-state index in [1.165, 1.54) is 11.8 Å². The number of carbonyl (C=O) groups excluding carboxylic acids is 1. The van der Waals surface area contributed by atoms with E-state index < -0.39 is 0 Å². The molecule has 1 heterocycles. The summed E-state index contributed by atoms with van der Waals surface area (Å²) in [5.41, 5.74) is 1.54. The SMILES string of the molecule is O=C(CSc1ccc(Cl)cc1)Nc1cccc2cccnc12. The zero-order chi connectivity index (χ0) is 15.4. The number of aromatic nitrogens is 1. The Labute approximate surface area is 137 Å². The van der Waals surface area contributed by atoms with Gasteiger partial charge in [-0.3, -0.25) is 9.78 Å². The largest absolute Gasteiger partial charge is 0.323 e. The van der Waals surface area contributed by atoms with Crippen molar-refractivity contribution in [1.29, 1.82) is 0 Å². The first kappa shape index (κ1) is 14.9. The molecule has 0 unspecified atom stereocenters. The van der Waals surface area contributed by atoms with Gasteiger partial charge in [0.2, 0.25) is 5.91 Å². The number of benzene rings is 2. The zero-order valence-corrected chi connectivity index (χ0v) is 13.2. The number of thioether (sulfide) groups is 1. The molecule has 1 N–H and O–H groups in total. The average Bonchev–Trinajstić information content (AvgIpc) is 2.55. The van der Waals surface area contributed by atoms with Gasteiger partial charge in [0.1, 0.15) is 0 Å². The van der Waals surface area contributed by atoms with Gasteiger partial charge < -0.3 is 5.32 Å². The summed E-state index contributed by atoms with van der Waals surface area (Å²) in [6, 6.07) is 17.0. The van der Waals surface area contributed by atoms with Gasteiger partial charge in [-0.1, -0.05) is 29.8 Å². The molecule has 0 spiro atoms. The second kappa shape index (κ2) is 6.81. The van der Waals surface area contributed by atoms with E-state index in [4.69, 9.17) is 11.6 Å². The molecule has 0 aliphatic rings. The minimum absolute atomic E-state index is 0.0573. The lowest BCUT2D eigenvalue weighted by Crippen LogP contribution is -2.14. The van der Waals surface area contributed by atoms with Gasteiger partial charge in [-0.2, -0.15) is 0 Å². The fraction of sp³-hybridized carbons (Fsp3) is 0.0588. The van der Waals surface area contributed by atoms with Crippen LogP contribution >= 0.6 is 23.4 Å². The number of hydrogen-bond acceptors (Lipinski definition) is 3. The summed E-state index contributed by atoms with van der Waals surface area (Å²) >= 11 is 7.31. The molecule has 22 heavy (non-hydrogen) atoms. The average molecular weight is 329 g/mol. The summed E-state index contributed by atoms with van der Waals surface area (Å²) in [5.74, 6) is 0.281. The van der Waals surface area contributed by atoms with E-state index >= 15 is 0 Å². The van der Waals surface area contributed by atoms with Crippen LogP contribution in [0.3, 0.4) is 0 Å². The lowest BCUT2D eigenvalue weighted by atomic mass is 10.2. The topological polar surface area (TPSA) is 42.0 Å². The van der Waals surface area contributed by atoms with Crippen LogP contribution in [-0.4, -0.2) is 16.6 Å². The van der Waals surface area contributed by atoms with Gasteiger partial charge in [-0.25, -0.2) is 0 Å². The van der Waals surface area contributed by atoms with Crippen molar-refractivity contribution < 1.29 is 4.79 Å². The number of hydrogen-bond donors (Lipinski definition) is 1. The number of fused-ring (bicyclic) bond motifs is 1. The Morgan fingerprint density at radius 3 is 2.68 bits per heavy atom. The highest BCUT2D eigenvalue weighted by Crippen LogP contribution is 2.23. The number of anilines is 1. The third-order valence-electron chi connectivity index (χ3n) is 3.09. The second-order valence-corrected chi connectivity index (χ2v) is 6.16. The molecule has 1 aromatic heterocycles. The Kier molecular flexibility index (Phi) is 4.61. The molecule has 0 saturated heterocycles. The van der Waals surface area contributed by atoms with Crippen molar-refractivity contribution in [3.8, 4) is 0 Å². The molecule has 5 heteroatoms. The Hall–Kier alpha value is -2.04. The molecule has 0 bridgehead atoms. The number of para-hydroxylation sites is 1. The molecular weight excluding hydrogens is 316 g/mol. The van der Waals surface area contributed by atoms with Gasteiger partial charge in [0.15, 0.2) is 0 Å². The summed E-state index contributed by atoms with van der Waals surface area (Å²) in [6.45, 7) is 0. The standard InChI is InChI=1S/C17H13ClN2OS/c18-13-6-8-14(9-7-13)22-11-16(21)20-15-5-1-3-12-4-2-10-19-17(12)15/h1-10H,11H2,(H,20,21). The van der Waals surface area contributed by atoms with E-state index in [2.05, 4.69) is 10.3 Å². The van der Waals surface area contributed by atoms with Gasteiger partial charge in [0, 0.05) is 21.5 Å². The van der Waals surface area contributed by atoms with Gasteiger partial charge >= 0.3 is 0 Å². The number of nitrogens with zero attached hydrogens (tertiary/aromatic N) is 1. The van der Waals surface area contributed by atoms with Crippen LogP contribution in [0.15, 0.2) is 65.7 Å². The van der Waals surface area contributed by atoms with E-state index in [1.807, 2.05) is 54.6 Å². The molecule has 0 radical (unpaired) electrons. The molecule has 3 aromatic rings. The Morgan fingerprint density at radius 1 is 1.09 bits per heavy atom. The first-order valence-electron chi connectivity index (χ1n) is 6.74. The predicted molar refractivity (Wildman–Crippen MR) is 92.5 cm³/mol. The maximum Gasteiger partial charge on any atom is 0.234 e. The first-order chi connectivity index (χ1) is 10.7. The highest BCUT2D eigenvalue weighted by molar-refractivity contribution is 8.00. The van der Waals surface area contributed by atoms with E-state index in [9.17, 15) is 4.79 Å². The molecule has 3 nitrogen and oxygen atoms in total. The van der Waals surface area contributed by atoms with Gasteiger partial charge in [0.05, 0.1) is 17.0 Å². The van der Waals surface area contributed by atoms with E-state index in [0.29, 0.717) is 10.8 Å². The van der Waals surface area contributed by atoms with Crippen LogP contribution in [0.25, 0.3) is 10.9 Å². The third-order valence-corrected chi connectivity index (χ3v) is 4.35. The summed E-state index contributed by atoms with van der Waals surface area (Å²) in [5, 5.41) is 4.61. The fourth-order valence-electron chi connectivity index (χ4n) is 2.07. The molecular formula is C17H13ClN2OS. The Balaban J connectivity index is 1.67. The van der Waals surface area contributed by atoms with Crippen LogP contribution in [0.1, 0.15) is 0 Å². The van der Waals surface area contributed by atoms with Crippen LogP contribution < -0.4 is 5.32 Å². The molecule has 0 fully saturated rings. The molecule has 0 aliphatic heterocycles. The predicted octanol–water partition coefficient (Wildman–Crippen LogP) is 4.62. The number of halogens is 1. The molecule has 0 saturated carbocycles. The van der Waals surface area contributed by atoms with Crippen LogP contribution in [0.5, 0.6) is 0 Å². The minimum atomic E-state index is -0.0573. The molecule has 0 atom stereocenters. The molecule has 1 amide bonds. The summed E-state index contributed by atoms with van der Waals surface area (Å²) in [6.07, 6.45) is 1.72. The van der Waals surface area contributed by atoms with Crippen LogP contribution in [-0.2, 0) is 4.79 Å². The third kappa shape index (κ3) is 3.59. The van der Waals surface area contributed by atoms with E-state index in [1.54, 1.807) is 6.20 Å². The number of rotatable bonds is 4. The van der Waals surface area contributed by atoms with Crippen molar-refractivity contribution in [3.05, 3.63) is 65.8 Å². The zero-order valence-electron chi connectivity index (χ0n) is 11.6. The highest BCUT2D eigenvalue weighted by atomic mass is 35.5. The maximum atomic E-state index is 12.1. The quantitative estimate of drug-likeness (QED) is 0.711. The summed E-state index contributed by atoms with van der Waals surface area (Å²) in [7, 11) is 0. The van der Waals surface area contributed by atoms with E-state index in [-0.39, 0.29) is 5.91 Å². The minimum Gasteiger partial charge on any atom is -0.323 e. The molecule has 3 rings (SSSR count). The Bertz CT molecular complexity index is 800. The van der Waals surface area contributed by atoms with Crippen LogP contribution in [0.4, 0.5) is 5.69 Å². The van der Waals surface area contributed by atoms with Crippen molar-refractivity contribution in [2.24, 2.45) is 0 Å². The number of amides is 1.